The second-order valence-corrected chi connectivity index (χ2v) is 6.17. The summed E-state index contributed by atoms with van der Waals surface area (Å²) in [6.45, 7) is 0.714. The van der Waals surface area contributed by atoms with Crippen LogP contribution in [0.1, 0.15) is 12.8 Å². The van der Waals surface area contributed by atoms with Crippen molar-refractivity contribution in [2.45, 2.75) is 18.9 Å². The third-order valence-corrected chi connectivity index (χ3v) is 4.19. The third kappa shape index (κ3) is 3.35. The first-order valence-electron chi connectivity index (χ1n) is 5.66. The van der Waals surface area contributed by atoms with Crippen molar-refractivity contribution in [1.29, 1.82) is 0 Å². The summed E-state index contributed by atoms with van der Waals surface area (Å²) in [6, 6.07) is 7.13. The molecule has 0 aromatic heterocycles. The Labute approximate surface area is 112 Å². The number of ether oxygens (including phenoxy) is 1. The van der Waals surface area contributed by atoms with Crippen molar-refractivity contribution < 1.29 is 13.2 Å². The zero-order chi connectivity index (χ0) is 13.2. The van der Waals surface area contributed by atoms with E-state index in [2.05, 4.69) is 0 Å². The molecule has 1 aromatic carbocycles. The van der Waals surface area contributed by atoms with Crippen LogP contribution in [-0.2, 0) is 10.2 Å². The van der Waals surface area contributed by atoms with Crippen LogP contribution in [0.2, 0.25) is 5.02 Å². The summed E-state index contributed by atoms with van der Waals surface area (Å²) in [6.07, 6.45) is 1.31. The van der Waals surface area contributed by atoms with Crippen molar-refractivity contribution in [2.24, 2.45) is 5.14 Å². The number of piperidine rings is 1. The second-order valence-electron chi connectivity index (χ2n) is 4.22. The van der Waals surface area contributed by atoms with Crippen molar-refractivity contribution in [3.05, 3.63) is 29.3 Å². The fourth-order valence-corrected chi connectivity index (χ4v) is 2.89. The molecule has 0 spiro atoms. The van der Waals surface area contributed by atoms with Crippen molar-refractivity contribution in [3.8, 4) is 5.75 Å². The molecule has 0 amide bonds. The standard InChI is InChI=1S/C11H15ClN2O3S/c12-10-5-1-2-6-11(10)17-9-4-3-7-14(8-9)18(13,15)16/h1-2,5-6,9H,3-4,7-8H2,(H2,13,15,16). The molecule has 1 atom stereocenters. The van der Waals surface area contributed by atoms with Gasteiger partial charge in [-0.05, 0) is 25.0 Å². The minimum absolute atomic E-state index is 0.211. The molecule has 1 heterocycles. The van der Waals surface area contributed by atoms with Gasteiger partial charge in [-0.25, -0.2) is 5.14 Å². The van der Waals surface area contributed by atoms with Gasteiger partial charge in [-0.15, -0.1) is 0 Å². The first kappa shape index (κ1) is 13.6. The molecule has 18 heavy (non-hydrogen) atoms. The molecule has 0 bridgehead atoms. The zero-order valence-electron chi connectivity index (χ0n) is 9.75. The molecule has 1 unspecified atom stereocenters. The normalized spacial score (nSPS) is 21.8. The van der Waals surface area contributed by atoms with Gasteiger partial charge in [0.1, 0.15) is 11.9 Å². The fraction of sp³-hybridized carbons (Fsp3) is 0.455. The number of hydrogen-bond acceptors (Lipinski definition) is 3. The van der Waals surface area contributed by atoms with E-state index < -0.39 is 10.2 Å². The summed E-state index contributed by atoms with van der Waals surface area (Å²) in [5.74, 6) is 0.570. The van der Waals surface area contributed by atoms with E-state index in [0.717, 1.165) is 12.8 Å². The Morgan fingerprint density at radius 1 is 1.39 bits per heavy atom. The number of nitrogens with two attached hydrogens (primary N) is 1. The molecule has 0 aliphatic carbocycles. The molecule has 100 valence electrons. The van der Waals surface area contributed by atoms with Crippen LogP contribution in [0.3, 0.4) is 0 Å². The smallest absolute Gasteiger partial charge is 0.277 e. The Bertz CT molecular complexity index is 521. The molecule has 1 fully saturated rings. The van der Waals surface area contributed by atoms with Crippen LogP contribution in [-0.4, -0.2) is 31.9 Å². The van der Waals surface area contributed by atoms with Gasteiger partial charge in [-0.2, -0.15) is 12.7 Å². The fourth-order valence-electron chi connectivity index (χ4n) is 1.95. The van der Waals surface area contributed by atoms with Crippen molar-refractivity contribution in [3.63, 3.8) is 0 Å². The number of nitrogens with zero attached hydrogens (tertiary/aromatic N) is 1. The van der Waals surface area contributed by atoms with E-state index in [1.807, 2.05) is 12.1 Å². The van der Waals surface area contributed by atoms with Gasteiger partial charge in [-0.3, -0.25) is 0 Å². The lowest BCUT2D eigenvalue weighted by atomic mass is 10.1. The highest BCUT2D eigenvalue weighted by Gasteiger charge is 2.27. The minimum Gasteiger partial charge on any atom is -0.487 e. The molecule has 1 aliphatic heterocycles. The average Bonchev–Trinajstić information content (AvgIpc) is 2.31. The first-order valence-corrected chi connectivity index (χ1v) is 7.54. The zero-order valence-corrected chi connectivity index (χ0v) is 11.3. The number of halogens is 1. The Balaban J connectivity index is 2.05. The molecular formula is C11H15ClN2O3S. The summed E-state index contributed by atoms with van der Waals surface area (Å²) in [4.78, 5) is 0. The molecule has 1 aliphatic rings. The monoisotopic (exact) mass is 290 g/mol. The molecule has 2 rings (SSSR count). The number of rotatable bonds is 3. The maximum atomic E-state index is 11.3. The third-order valence-electron chi connectivity index (χ3n) is 2.83. The first-order chi connectivity index (χ1) is 8.47. The Hall–Kier alpha value is -0.820. The van der Waals surface area contributed by atoms with Crippen LogP contribution in [0.5, 0.6) is 5.75 Å². The van der Waals surface area contributed by atoms with Crippen molar-refractivity contribution in [2.75, 3.05) is 13.1 Å². The van der Waals surface area contributed by atoms with E-state index >= 15 is 0 Å². The Morgan fingerprint density at radius 2 is 2.11 bits per heavy atom. The topological polar surface area (TPSA) is 72.6 Å². The molecule has 1 saturated heterocycles. The largest absolute Gasteiger partial charge is 0.487 e. The molecule has 0 saturated carbocycles. The lowest BCUT2D eigenvalue weighted by Gasteiger charge is -2.30. The van der Waals surface area contributed by atoms with Gasteiger partial charge < -0.3 is 4.74 Å². The van der Waals surface area contributed by atoms with Crippen molar-refractivity contribution >= 4 is 21.8 Å². The van der Waals surface area contributed by atoms with Crippen LogP contribution in [0.25, 0.3) is 0 Å². The molecule has 0 radical (unpaired) electrons. The average molecular weight is 291 g/mol. The Morgan fingerprint density at radius 3 is 2.78 bits per heavy atom. The van der Waals surface area contributed by atoms with Crippen LogP contribution in [0.4, 0.5) is 0 Å². The van der Waals surface area contributed by atoms with E-state index in [9.17, 15) is 8.42 Å². The summed E-state index contributed by atoms with van der Waals surface area (Å²) in [7, 11) is -3.64. The molecule has 1 aromatic rings. The second kappa shape index (κ2) is 5.44. The SMILES string of the molecule is NS(=O)(=O)N1CCCC(Oc2ccccc2Cl)C1. The van der Waals surface area contributed by atoms with E-state index in [4.69, 9.17) is 21.5 Å². The van der Waals surface area contributed by atoms with Crippen LogP contribution >= 0.6 is 11.6 Å². The van der Waals surface area contributed by atoms with Gasteiger partial charge >= 0.3 is 0 Å². The van der Waals surface area contributed by atoms with E-state index in [1.54, 1.807) is 12.1 Å². The van der Waals surface area contributed by atoms with Gasteiger partial charge in [0, 0.05) is 6.54 Å². The molecule has 5 nitrogen and oxygen atoms in total. The van der Waals surface area contributed by atoms with Gasteiger partial charge in [0.25, 0.3) is 10.2 Å². The summed E-state index contributed by atoms with van der Waals surface area (Å²) >= 11 is 5.99. The van der Waals surface area contributed by atoms with Gasteiger partial charge in [0.2, 0.25) is 0 Å². The Kier molecular flexibility index (Phi) is 4.11. The summed E-state index contributed by atoms with van der Waals surface area (Å²) < 4.78 is 29.5. The van der Waals surface area contributed by atoms with Crippen molar-refractivity contribution in [1.82, 2.24) is 4.31 Å². The molecule has 2 N–H and O–H groups in total. The van der Waals surface area contributed by atoms with Gasteiger partial charge in [-0.1, -0.05) is 23.7 Å². The van der Waals surface area contributed by atoms with E-state index in [-0.39, 0.29) is 12.6 Å². The highest BCUT2D eigenvalue weighted by molar-refractivity contribution is 7.86. The van der Waals surface area contributed by atoms with Crippen LogP contribution in [0, 0.1) is 0 Å². The maximum absolute atomic E-state index is 11.3. The molecular weight excluding hydrogens is 276 g/mol. The number of hydrogen-bond donors (Lipinski definition) is 1. The quantitative estimate of drug-likeness (QED) is 0.914. The predicted molar refractivity (Wildman–Crippen MR) is 69.8 cm³/mol. The van der Waals surface area contributed by atoms with E-state index in [0.29, 0.717) is 17.3 Å². The number of para-hydroxylation sites is 1. The van der Waals surface area contributed by atoms with Gasteiger partial charge in [0.05, 0.1) is 11.6 Å². The lowest BCUT2D eigenvalue weighted by molar-refractivity contribution is 0.130. The number of benzene rings is 1. The molecule has 7 heteroatoms. The summed E-state index contributed by atoms with van der Waals surface area (Å²) in [5, 5.41) is 5.63. The van der Waals surface area contributed by atoms with Crippen LogP contribution in [0.15, 0.2) is 24.3 Å². The van der Waals surface area contributed by atoms with Gasteiger partial charge in [0.15, 0.2) is 0 Å². The highest BCUT2D eigenvalue weighted by Crippen LogP contribution is 2.26. The summed E-state index contributed by atoms with van der Waals surface area (Å²) in [5.41, 5.74) is 0. The lowest BCUT2D eigenvalue weighted by Crippen LogP contribution is -2.47. The minimum atomic E-state index is -3.64. The highest BCUT2D eigenvalue weighted by atomic mass is 35.5. The van der Waals surface area contributed by atoms with E-state index in [1.165, 1.54) is 4.31 Å². The van der Waals surface area contributed by atoms with Crippen LogP contribution < -0.4 is 9.88 Å². The predicted octanol–water partition coefficient (Wildman–Crippen LogP) is 1.39. The maximum Gasteiger partial charge on any atom is 0.277 e.